The van der Waals surface area contributed by atoms with E-state index < -0.39 is 6.10 Å². The van der Waals surface area contributed by atoms with Crippen LogP contribution in [0.3, 0.4) is 0 Å². The molecule has 14 nitrogen and oxygen atoms in total. The van der Waals surface area contributed by atoms with Gasteiger partial charge >= 0.3 is 6.03 Å². The number of carbonyl (C=O) groups excluding carboxylic acids is 2. The maximum Gasteiger partial charge on any atom is 0.319 e. The molecule has 2 aromatic rings. The topological polar surface area (TPSA) is 150 Å². The smallest absolute Gasteiger partial charge is 0.319 e. The van der Waals surface area contributed by atoms with Crippen LogP contribution in [0.5, 0.6) is 0 Å². The third-order valence-electron chi connectivity index (χ3n) is 8.23. The van der Waals surface area contributed by atoms with Gasteiger partial charge in [0.15, 0.2) is 0 Å². The van der Waals surface area contributed by atoms with Crippen LogP contribution < -0.4 is 10.6 Å². The number of halogens is 2. The van der Waals surface area contributed by atoms with Gasteiger partial charge in [-0.3, -0.25) is 9.69 Å². The summed E-state index contributed by atoms with van der Waals surface area (Å²) >= 11 is 12.2. The standard InChI is InChI=1S/C37H56Cl2N4O10/c1-42(36(45)25-29-6-7-33(38)34(39)24-29)35(28-43-10-8-32(44)27-43)30-4-3-5-31(26-30)41-37(46)40-9-11-48-14-15-50-18-19-52-22-23-53-21-20-51-17-16-49-13-12-47-2/h3-7,24,26,32,35,44H,8-23,25,27-28H2,1-2H3,(H2,40,41,46)/t32-,35-/m1/s1. The zero-order valence-corrected chi connectivity index (χ0v) is 32.4. The summed E-state index contributed by atoms with van der Waals surface area (Å²) in [5, 5.41) is 16.6. The molecule has 0 spiro atoms. The fraction of sp³-hybridized carbons (Fsp3) is 0.622. The van der Waals surface area contributed by atoms with Gasteiger partial charge in [-0.15, -0.1) is 0 Å². The van der Waals surface area contributed by atoms with E-state index in [1.54, 1.807) is 43.3 Å². The molecule has 0 unspecified atom stereocenters. The Kier molecular flexibility index (Phi) is 22.9. The number of likely N-dealkylation sites (tertiary alicyclic amines) is 1. The Balaban J connectivity index is 1.28. The number of hydrogen-bond acceptors (Lipinski definition) is 11. The largest absolute Gasteiger partial charge is 0.392 e. The van der Waals surface area contributed by atoms with Gasteiger partial charge in [0.2, 0.25) is 5.91 Å². The fourth-order valence-electron chi connectivity index (χ4n) is 5.38. The monoisotopic (exact) mass is 786 g/mol. The zero-order valence-electron chi connectivity index (χ0n) is 30.9. The number of benzene rings is 2. The van der Waals surface area contributed by atoms with Crippen LogP contribution in [-0.2, 0) is 44.4 Å². The number of likely N-dealkylation sites (N-methyl/N-ethyl adjacent to an activating group) is 1. The first kappa shape index (κ1) is 44.8. The number of anilines is 1. The van der Waals surface area contributed by atoms with Crippen molar-refractivity contribution >= 4 is 40.8 Å². The van der Waals surface area contributed by atoms with Crippen LogP contribution in [0.2, 0.25) is 10.0 Å². The minimum absolute atomic E-state index is 0.0984. The molecule has 3 amide bonds. The molecule has 0 aromatic heterocycles. The van der Waals surface area contributed by atoms with Gasteiger partial charge < -0.3 is 53.8 Å². The SMILES string of the molecule is COCCOCCOCCOCCOCCOCCOCCNC(=O)Nc1cccc([C@@H](CN2CC[C@@H](O)C2)N(C)C(=O)Cc2ccc(Cl)c(Cl)c2)c1. The first-order chi connectivity index (χ1) is 25.8. The average molecular weight is 788 g/mol. The van der Waals surface area contributed by atoms with E-state index in [9.17, 15) is 14.7 Å². The number of amides is 3. The molecule has 3 N–H and O–H groups in total. The van der Waals surface area contributed by atoms with Crippen molar-refractivity contribution in [2.24, 2.45) is 0 Å². The number of β-amino-alcohol motifs (C(OH)–C–C–N with tert-alkyl or cyclic N) is 1. The predicted molar refractivity (Wildman–Crippen MR) is 203 cm³/mol. The van der Waals surface area contributed by atoms with Crippen LogP contribution in [0.15, 0.2) is 42.5 Å². The van der Waals surface area contributed by atoms with E-state index in [-0.39, 0.29) is 24.4 Å². The lowest BCUT2D eigenvalue weighted by molar-refractivity contribution is -0.131. The molecule has 0 aliphatic carbocycles. The lowest BCUT2D eigenvalue weighted by Crippen LogP contribution is -2.39. The van der Waals surface area contributed by atoms with Crippen LogP contribution in [0.25, 0.3) is 0 Å². The highest BCUT2D eigenvalue weighted by Gasteiger charge is 2.28. The summed E-state index contributed by atoms with van der Waals surface area (Å²) in [5.41, 5.74) is 2.20. The minimum Gasteiger partial charge on any atom is -0.392 e. The summed E-state index contributed by atoms with van der Waals surface area (Å²) in [7, 11) is 3.40. The first-order valence-electron chi connectivity index (χ1n) is 18.0. The lowest BCUT2D eigenvalue weighted by Gasteiger charge is -2.32. The summed E-state index contributed by atoms with van der Waals surface area (Å²) < 4.78 is 37.6. The molecule has 1 aliphatic rings. The van der Waals surface area contributed by atoms with E-state index in [0.29, 0.717) is 128 Å². The second-order valence-electron chi connectivity index (χ2n) is 12.3. The van der Waals surface area contributed by atoms with Crippen molar-refractivity contribution in [2.45, 2.75) is 25.0 Å². The van der Waals surface area contributed by atoms with Crippen molar-refractivity contribution in [3.8, 4) is 0 Å². The predicted octanol–water partition coefficient (Wildman–Crippen LogP) is 3.67. The molecule has 2 aromatic carbocycles. The highest BCUT2D eigenvalue weighted by Crippen LogP contribution is 2.27. The highest BCUT2D eigenvalue weighted by molar-refractivity contribution is 6.42. The molecule has 1 heterocycles. The normalized spacial score (nSPS) is 15.1. The Morgan fingerprint density at radius 1 is 0.830 bits per heavy atom. The molecule has 298 valence electrons. The minimum atomic E-state index is -0.391. The fourth-order valence-corrected chi connectivity index (χ4v) is 5.70. The third-order valence-corrected chi connectivity index (χ3v) is 8.97. The van der Waals surface area contributed by atoms with Crippen molar-refractivity contribution in [1.29, 1.82) is 0 Å². The van der Waals surface area contributed by atoms with Gasteiger partial charge in [-0.05, 0) is 41.8 Å². The van der Waals surface area contributed by atoms with Gasteiger partial charge in [0, 0.05) is 46.0 Å². The molecular weight excluding hydrogens is 731 g/mol. The molecule has 1 fully saturated rings. The number of methoxy groups -OCH3 is 1. The van der Waals surface area contributed by atoms with E-state index >= 15 is 0 Å². The van der Waals surface area contributed by atoms with Crippen LogP contribution >= 0.6 is 23.2 Å². The summed E-state index contributed by atoms with van der Waals surface area (Å²) in [6.45, 7) is 8.28. The third kappa shape index (κ3) is 19.0. The molecule has 0 bridgehead atoms. The van der Waals surface area contributed by atoms with E-state index in [1.807, 2.05) is 18.2 Å². The van der Waals surface area contributed by atoms with Crippen molar-refractivity contribution in [1.82, 2.24) is 15.1 Å². The van der Waals surface area contributed by atoms with Gasteiger partial charge in [-0.1, -0.05) is 41.4 Å². The molecule has 1 saturated heterocycles. The molecule has 0 radical (unpaired) electrons. The Labute approximate surface area is 323 Å². The Hall–Kier alpha value is -2.60. The summed E-state index contributed by atoms with van der Waals surface area (Å²) in [6, 6.07) is 11.9. The first-order valence-corrected chi connectivity index (χ1v) is 18.7. The molecule has 2 atom stereocenters. The van der Waals surface area contributed by atoms with Crippen molar-refractivity contribution < 1.29 is 47.9 Å². The number of rotatable bonds is 28. The molecule has 3 rings (SSSR count). The van der Waals surface area contributed by atoms with E-state index in [1.165, 1.54) is 0 Å². The number of carbonyl (C=O) groups is 2. The van der Waals surface area contributed by atoms with E-state index in [2.05, 4.69) is 15.5 Å². The van der Waals surface area contributed by atoms with Gasteiger partial charge in [-0.2, -0.15) is 0 Å². The molecule has 0 saturated carbocycles. The quantitative estimate of drug-likeness (QED) is 0.109. The Bertz CT molecular complexity index is 1330. The number of aliphatic hydroxyl groups excluding tert-OH is 1. The molecule has 1 aliphatic heterocycles. The average Bonchev–Trinajstić information content (AvgIpc) is 3.56. The number of nitrogens with one attached hydrogen (secondary N) is 2. The Morgan fingerprint density at radius 3 is 1.96 bits per heavy atom. The summed E-state index contributed by atoms with van der Waals surface area (Å²) in [4.78, 5) is 29.9. The number of hydrogen-bond donors (Lipinski definition) is 3. The molecule has 53 heavy (non-hydrogen) atoms. The maximum absolute atomic E-state index is 13.4. The summed E-state index contributed by atoms with van der Waals surface area (Å²) in [5.74, 6) is -0.0984. The van der Waals surface area contributed by atoms with Gasteiger partial charge in [-0.25, -0.2) is 4.79 Å². The van der Waals surface area contributed by atoms with Gasteiger partial charge in [0.1, 0.15) is 0 Å². The summed E-state index contributed by atoms with van der Waals surface area (Å²) in [6.07, 6.45) is 0.443. The molecular formula is C37H56Cl2N4O10. The second-order valence-corrected chi connectivity index (χ2v) is 13.1. The van der Waals surface area contributed by atoms with E-state index in [4.69, 9.17) is 56.4 Å². The van der Waals surface area contributed by atoms with Gasteiger partial charge in [0.05, 0.1) is 115 Å². The number of aliphatic hydroxyl groups is 1. The lowest BCUT2D eigenvalue weighted by atomic mass is 10.0. The van der Waals surface area contributed by atoms with Crippen LogP contribution in [0.4, 0.5) is 10.5 Å². The van der Waals surface area contributed by atoms with Crippen LogP contribution in [0, 0.1) is 0 Å². The zero-order chi connectivity index (χ0) is 38.1. The number of ether oxygens (including phenoxy) is 7. The van der Waals surface area contributed by atoms with Crippen LogP contribution in [-0.4, -0.2) is 159 Å². The Morgan fingerprint density at radius 2 is 1.42 bits per heavy atom. The second kappa shape index (κ2) is 27.1. The van der Waals surface area contributed by atoms with E-state index in [0.717, 1.165) is 17.7 Å². The molecule has 16 heteroatoms. The number of urea groups is 1. The van der Waals surface area contributed by atoms with Crippen LogP contribution in [0.1, 0.15) is 23.6 Å². The van der Waals surface area contributed by atoms with Crippen molar-refractivity contribution in [3.05, 3.63) is 63.6 Å². The van der Waals surface area contributed by atoms with Crippen molar-refractivity contribution in [2.75, 3.05) is 132 Å². The number of nitrogens with zero attached hydrogens (tertiary/aromatic N) is 2. The highest BCUT2D eigenvalue weighted by atomic mass is 35.5. The maximum atomic E-state index is 13.4. The van der Waals surface area contributed by atoms with Crippen molar-refractivity contribution in [3.63, 3.8) is 0 Å². The van der Waals surface area contributed by atoms with Gasteiger partial charge in [0.25, 0.3) is 0 Å².